The highest BCUT2D eigenvalue weighted by Crippen LogP contribution is 2.36. The Morgan fingerprint density at radius 2 is 1.73 bits per heavy atom. The van der Waals surface area contributed by atoms with Crippen LogP contribution in [0.2, 0.25) is 0 Å². The number of aliphatic hydroxyl groups is 1. The number of aliphatic hydroxyl groups excluding tert-OH is 1. The number of fused-ring (bicyclic) bond motifs is 3. The Bertz CT molecular complexity index is 1730. The van der Waals surface area contributed by atoms with E-state index in [0.717, 1.165) is 27.3 Å². The number of amides is 5. The number of hydrogen-bond donors (Lipinski definition) is 5. The zero-order valence-corrected chi connectivity index (χ0v) is 30.6. The second kappa shape index (κ2) is 16.6. The molecule has 2 aliphatic rings. The number of nitrogens with one attached hydrogen (secondary N) is 4. The molecule has 5 N–H and O–H groups in total. The van der Waals surface area contributed by atoms with Crippen LogP contribution in [0.25, 0.3) is 11.0 Å². The minimum absolute atomic E-state index is 0.0436. The number of aryl methyl sites for hydroxylation is 1. The number of rotatable bonds is 5. The van der Waals surface area contributed by atoms with Crippen LogP contribution in [0.3, 0.4) is 0 Å². The lowest BCUT2D eigenvalue weighted by atomic mass is 9.73. The lowest BCUT2D eigenvalue weighted by molar-refractivity contribution is -0.144. The van der Waals surface area contributed by atoms with Gasteiger partial charge in [0.25, 0.3) is 5.91 Å². The number of benzene rings is 2. The fourth-order valence-electron chi connectivity index (χ4n) is 6.86. The van der Waals surface area contributed by atoms with Gasteiger partial charge in [0.1, 0.15) is 29.7 Å². The molecule has 0 saturated carbocycles. The number of nitrogens with zero attached hydrogens (tertiary/aromatic N) is 3. The molecule has 14 heteroatoms. The molecule has 3 aromatic rings. The molecule has 0 unspecified atom stereocenters. The SMILES string of the molecule is CC(C)[C@H]1NC(=O)[C@H](C)N(C)C(=O)[C@H]([C@@H](C)O)NC(=O)COc2cccc(c2)CC2(CCN(C(=O)CCc3nc4ccccc4[nH]3)CC2)CNC1=O. The number of H-pyrrole nitrogens is 1. The fraction of sp³-hybridized carbons (Fsp3) is 0.526. The van der Waals surface area contributed by atoms with Crippen molar-refractivity contribution in [1.29, 1.82) is 0 Å². The summed E-state index contributed by atoms with van der Waals surface area (Å²) in [6, 6.07) is 11.9. The summed E-state index contributed by atoms with van der Waals surface area (Å²) in [7, 11) is 1.41. The van der Waals surface area contributed by atoms with Crippen LogP contribution in [0.5, 0.6) is 5.75 Å². The summed E-state index contributed by atoms with van der Waals surface area (Å²) < 4.78 is 5.80. The Hall–Kier alpha value is -4.98. The number of carbonyl (C=O) groups is 5. The second-order valence-electron chi connectivity index (χ2n) is 14.6. The second-order valence-corrected chi connectivity index (χ2v) is 14.6. The quantitative estimate of drug-likeness (QED) is 0.264. The highest BCUT2D eigenvalue weighted by molar-refractivity contribution is 5.94. The molecule has 2 bridgehead atoms. The summed E-state index contributed by atoms with van der Waals surface area (Å²) in [6.45, 7) is 7.48. The van der Waals surface area contributed by atoms with Gasteiger partial charge in [0.2, 0.25) is 23.6 Å². The molecule has 1 spiro atoms. The Labute approximate surface area is 304 Å². The maximum absolute atomic E-state index is 13.7. The lowest BCUT2D eigenvalue weighted by Gasteiger charge is -2.42. The molecular formula is C38H51N7O7. The van der Waals surface area contributed by atoms with Gasteiger partial charge in [0.05, 0.1) is 17.1 Å². The molecule has 0 radical (unpaired) electrons. The number of aromatic nitrogens is 2. The monoisotopic (exact) mass is 717 g/mol. The minimum Gasteiger partial charge on any atom is -0.484 e. The molecule has 52 heavy (non-hydrogen) atoms. The summed E-state index contributed by atoms with van der Waals surface area (Å²) in [5.41, 5.74) is 2.32. The van der Waals surface area contributed by atoms with Crippen molar-refractivity contribution in [2.45, 2.75) is 84.0 Å². The van der Waals surface area contributed by atoms with Gasteiger partial charge in [-0.05, 0) is 74.3 Å². The van der Waals surface area contributed by atoms with Crippen molar-refractivity contribution >= 4 is 40.6 Å². The van der Waals surface area contributed by atoms with Crippen LogP contribution >= 0.6 is 0 Å². The van der Waals surface area contributed by atoms with E-state index < -0.39 is 54.0 Å². The van der Waals surface area contributed by atoms with Crippen LogP contribution in [0, 0.1) is 11.3 Å². The van der Waals surface area contributed by atoms with E-state index in [1.807, 2.05) is 61.2 Å². The number of hydrogen-bond acceptors (Lipinski definition) is 8. The highest BCUT2D eigenvalue weighted by atomic mass is 16.5. The molecule has 5 amide bonds. The molecular weight excluding hydrogens is 666 g/mol. The Morgan fingerprint density at radius 1 is 1.00 bits per heavy atom. The van der Waals surface area contributed by atoms with Gasteiger partial charge in [-0.25, -0.2) is 4.98 Å². The van der Waals surface area contributed by atoms with Crippen LogP contribution in [-0.2, 0) is 36.8 Å². The summed E-state index contributed by atoms with van der Waals surface area (Å²) in [5.74, 6) is -1.20. The minimum atomic E-state index is -1.32. The number of carbonyl (C=O) groups excluding carboxylic acids is 5. The Kier molecular flexibility index (Phi) is 12.2. The molecule has 1 saturated heterocycles. The third-order valence-electron chi connectivity index (χ3n) is 10.3. The lowest BCUT2D eigenvalue weighted by Crippen LogP contribution is -2.59. The third-order valence-corrected chi connectivity index (χ3v) is 10.3. The van der Waals surface area contributed by atoms with Gasteiger partial charge < -0.3 is 40.6 Å². The first-order valence-corrected chi connectivity index (χ1v) is 18.0. The molecule has 2 aromatic carbocycles. The smallest absolute Gasteiger partial charge is 0.258 e. The summed E-state index contributed by atoms with van der Waals surface area (Å²) >= 11 is 0. The van der Waals surface area contributed by atoms with E-state index in [0.29, 0.717) is 57.5 Å². The topological polar surface area (TPSA) is 186 Å². The van der Waals surface area contributed by atoms with E-state index in [9.17, 15) is 29.1 Å². The first kappa shape index (κ1) is 38.3. The van der Waals surface area contributed by atoms with E-state index in [4.69, 9.17) is 4.74 Å². The first-order chi connectivity index (χ1) is 24.7. The number of ether oxygens (including phenoxy) is 1. The van der Waals surface area contributed by atoms with E-state index in [2.05, 4.69) is 25.9 Å². The molecule has 3 heterocycles. The number of para-hydroxylation sites is 2. The average molecular weight is 718 g/mol. The Balaban J connectivity index is 1.34. The van der Waals surface area contributed by atoms with Gasteiger partial charge in [-0.1, -0.05) is 38.1 Å². The van der Waals surface area contributed by atoms with Crippen LogP contribution < -0.4 is 20.7 Å². The van der Waals surface area contributed by atoms with Crippen LogP contribution in [0.4, 0.5) is 0 Å². The number of likely N-dealkylation sites (tertiary alicyclic amines) is 1. The summed E-state index contributed by atoms with van der Waals surface area (Å²) in [4.78, 5) is 77.7. The average Bonchev–Trinajstić information content (AvgIpc) is 3.55. The van der Waals surface area contributed by atoms with Crippen molar-refractivity contribution in [3.05, 3.63) is 59.9 Å². The van der Waals surface area contributed by atoms with Crippen molar-refractivity contribution in [3.63, 3.8) is 0 Å². The van der Waals surface area contributed by atoms with E-state index in [-0.39, 0.29) is 17.7 Å². The maximum Gasteiger partial charge on any atom is 0.258 e. The van der Waals surface area contributed by atoms with Crippen LogP contribution in [0.15, 0.2) is 48.5 Å². The number of aromatic amines is 1. The van der Waals surface area contributed by atoms with Crippen molar-refractivity contribution in [1.82, 2.24) is 35.7 Å². The van der Waals surface area contributed by atoms with Crippen LogP contribution in [-0.4, -0.2) is 112 Å². The highest BCUT2D eigenvalue weighted by Gasteiger charge is 2.39. The van der Waals surface area contributed by atoms with Gasteiger partial charge >= 0.3 is 0 Å². The number of imidazole rings is 1. The van der Waals surface area contributed by atoms with Gasteiger partial charge in [-0.2, -0.15) is 0 Å². The van der Waals surface area contributed by atoms with Gasteiger partial charge in [-0.3, -0.25) is 24.0 Å². The normalized spacial score (nSPS) is 22.9. The molecule has 14 nitrogen and oxygen atoms in total. The predicted octanol–water partition coefficient (Wildman–Crippen LogP) is 1.71. The number of likely N-dealkylation sites (N-methyl/N-ethyl adjacent to an activating group) is 1. The van der Waals surface area contributed by atoms with E-state index in [1.54, 1.807) is 6.07 Å². The largest absolute Gasteiger partial charge is 0.484 e. The van der Waals surface area contributed by atoms with Crippen molar-refractivity contribution in [2.75, 3.05) is 33.3 Å². The zero-order valence-electron chi connectivity index (χ0n) is 30.6. The van der Waals surface area contributed by atoms with Gasteiger partial charge in [0.15, 0.2) is 6.61 Å². The standard InChI is InChI=1S/C38H51N7O7/c1-23(2)33-36(50)39-22-38(15-17-45(18-16-38)32(48)14-13-30-40-28-11-6-7-12-29(28)41-30)20-26-9-8-10-27(19-26)52-21-31(47)42-34(25(4)46)37(51)44(5)24(3)35(49)43-33/h6-12,19,23-25,33-34,46H,13-18,20-22H2,1-5H3,(H,39,50)(H,40,41)(H,42,47)(H,43,49)/t24-,25+,33+,34-/m0/s1. The zero-order chi connectivity index (χ0) is 37.6. The van der Waals surface area contributed by atoms with E-state index in [1.165, 1.54) is 20.9 Å². The van der Waals surface area contributed by atoms with Crippen LogP contribution in [0.1, 0.15) is 58.3 Å². The van der Waals surface area contributed by atoms with Crippen molar-refractivity contribution in [3.8, 4) is 5.75 Å². The van der Waals surface area contributed by atoms with Gasteiger partial charge in [0, 0.05) is 39.5 Å². The summed E-state index contributed by atoms with van der Waals surface area (Å²) in [5, 5.41) is 18.8. The fourth-order valence-corrected chi connectivity index (χ4v) is 6.86. The predicted molar refractivity (Wildman–Crippen MR) is 194 cm³/mol. The molecule has 1 aromatic heterocycles. The van der Waals surface area contributed by atoms with Crippen molar-refractivity contribution in [2.24, 2.45) is 11.3 Å². The van der Waals surface area contributed by atoms with E-state index >= 15 is 0 Å². The Morgan fingerprint density at radius 3 is 2.42 bits per heavy atom. The molecule has 280 valence electrons. The molecule has 0 aliphatic carbocycles. The third kappa shape index (κ3) is 9.27. The van der Waals surface area contributed by atoms with Gasteiger partial charge in [-0.15, -0.1) is 0 Å². The van der Waals surface area contributed by atoms with Crippen molar-refractivity contribution < 1.29 is 33.8 Å². The maximum atomic E-state index is 13.7. The molecule has 2 aliphatic heterocycles. The summed E-state index contributed by atoms with van der Waals surface area (Å²) in [6.07, 6.45) is 1.39. The molecule has 1 fully saturated rings. The first-order valence-electron chi connectivity index (χ1n) is 18.0. The number of piperidine rings is 1. The molecule has 5 rings (SSSR count). The molecule has 4 atom stereocenters.